The van der Waals surface area contributed by atoms with Crippen LogP contribution >= 0.6 is 0 Å². The highest BCUT2D eigenvalue weighted by Gasteiger charge is 2.44. The molecule has 9 nitrogen and oxygen atoms in total. The van der Waals surface area contributed by atoms with E-state index in [2.05, 4.69) is 63.5 Å². The molecular formula is C27H31N5O4. The predicted octanol–water partition coefficient (Wildman–Crippen LogP) is 3.05. The van der Waals surface area contributed by atoms with Crippen LogP contribution in [0.5, 0.6) is 0 Å². The van der Waals surface area contributed by atoms with E-state index in [9.17, 15) is 10.2 Å². The number of hydrogen-bond acceptors (Lipinski definition) is 8. The number of rotatable bonds is 10. The average Bonchev–Trinajstić information content (AvgIpc) is 3.46. The van der Waals surface area contributed by atoms with Crippen LogP contribution in [0.1, 0.15) is 42.5 Å². The van der Waals surface area contributed by atoms with Crippen LogP contribution in [0.2, 0.25) is 0 Å². The van der Waals surface area contributed by atoms with Crippen LogP contribution in [0.15, 0.2) is 73.3 Å². The monoisotopic (exact) mass is 489 g/mol. The Morgan fingerprint density at radius 3 is 2.31 bits per heavy atom. The summed E-state index contributed by atoms with van der Waals surface area (Å²) in [6.07, 6.45) is 1.96. The molecule has 3 heterocycles. The van der Waals surface area contributed by atoms with E-state index in [1.54, 1.807) is 4.57 Å². The molecule has 5 rings (SSSR count). The Labute approximate surface area is 209 Å². The van der Waals surface area contributed by atoms with Crippen molar-refractivity contribution in [1.29, 1.82) is 0 Å². The van der Waals surface area contributed by atoms with Gasteiger partial charge in [0.05, 0.1) is 12.9 Å². The van der Waals surface area contributed by atoms with Gasteiger partial charge in [-0.1, -0.05) is 67.1 Å². The molecule has 0 radical (unpaired) electrons. The number of nitrogens with two attached hydrogens (primary N) is 1. The molecule has 0 saturated carbocycles. The van der Waals surface area contributed by atoms with Crippen molar-refractivity contribution in [3.63, 3.8) is 0 Å². The number of imidazole rings is 1. The first kappa shape index (κ1) is 24.3. The van der Waals surface area contributed by atoms with Crippen molar-refractivity contribution in [3.05, 3.63) is 84.4 Å². The summed E-state index contributed by atoms with van der Waals surface area (Å²) in [5.41, 5.74) is 9.33. The van der Waals surface area contributed by atoms with E-state index in [4.69, 9.17) is 15.2 Å². The number of fused-ring (bicyclic) bond motifs is 1. The Bertz CT molecular complexity index is 1210. The van der Waals surface area contributed by atoms with Gasteiger partial charge < -0.3 is 25.4 Å². The summed E-state index contributed by atoms with van der Waals surface area (Å²) in [7, 11) is 0. The quantitative estimate of drug-likeness (QED) is 0.290. The minimum atomic E-state index is -1.15. The van der Waals surface area contributed by atoms with Crippen molar-refractivity contribution in [1.82, 2.24) is 19.5 Å². The highest BCUT2D eigenvalue weighted by atomic mass is 16.6. The highest BCUT2D eigenvalue weighted by Crippen LogP contribution is 2.32. The van der Waals surface area contributed by atoms with Crippen LogP contribution in [0, 0.1) is 0 Å². The number of aromatic nitrogens is 4. The minimum absolute atomic E-state index is 0.180. The van der Waals surface area contributed by atoms with Gasteiger partial charge in [-0.25, -0.2) is 15.0 Å². The van der Waals surface area contributed by atoms with E-state index in [0.717, 1.165) is 19.3 Å². The molecule has 0 aliphatic carbocycles. The second-order valence-corrected chi connectivity index (χ2v) is 9.07. The molecule has 2 aromatic carbocycles. The summed E-state index contributed by atoms with van der Waals surface area (Å²) < 4.78 is 13.3. The molecule has 1 aliphatic heterocycles. The molecule has 188 valence electrons. The Balaban J connectivity index is 1.12. The van der Waals surface area contributed by atoms with E-state index in [1.165, 1.54) is 23.8 Å². The first-order valence-electron chi connectivity index (χ1n) is 12.3. The average molecular weight is 490 g/mol. The van der Waals surface area contributed by atoms with Gasteiger partial charge >= 0.3 is 0 Å². The molecule has 4 aromatic rings. The van der Waals surface area contributed by atoms with Gasteiger partial charge in [0.2, 0.25) is 0 Å². The molecule has 9 heteroatoms. The zero-order valence-corrected chi connectivity index (χ0v) is 19.9. The van der Waals surface area contributed by atoms with Gasteiger partial charge in [-0.05, 0) is 24.0 Å². The normalized spacial score (nSPS) is 22.0. The third-order valence-electron chi connectivity index (χ3n) is 6.72. The Kier molecular flexibility index (Phi) is 7.52. The number of unbranched alkanes of at least 4 members (excludes halogenated alkanes) is 1. The zero-order chi connectivity index (χ0) is 24.9. The standard InChI is InChI=1S/C27H31N5O4/c28-25-22-26(30-16-29-25)32(17-31-22)27-24(34)23(33)21(36-27)15-35-14-8-7-13-20(18-9-3-1-4-10-18)19-11-5-2-6-12-19/h1-6,9-12,16-17,20-21,23-24,27,33-34H,7-8,13-15H2,(H2,28,29,30)/t21-,23-,24-,27-/m1/s1. The number of ether oxygens (including phenoxy) is 2. The lowest BCUT2D eigenvalue weighted by atomic mass is 9.87. The maximum Gasteiger partial charge on any atom is 0.167 e. The van der Waals surface area contributed by atoms with Crippen LogP contribution in [0.25, 0.3) is 11.2 Å². The van der Waals surface area contributed by atoms with Gasteiger partial charge in [-0.2, -0.15) is 0 Å². The maximum absolute atomic E-state index is 10.6. The van der Waals surface area contributed by atoms with Crippen LogP contribution in [0.3, 0.4) is 0 Å². The molecular weight excluding hydrogens is 458 g/mol. The first-order valence-corrected chi connectivity index (χ1v) is 12.3. The Morgan fingerprint density at radius 1 is 0.917 bits per heavy atom. The van der Waals surface area contributed by atoms with E-state index in [1.807, 2.05) is 12.1 Å². The fourth-order valence-electron chi connectivity index (χ4n) is 4.80. The number of nitrogen functional groups attached to an aromatic ring is 1. The SMILES string of the molecule is Nc1ncnc2c1ncn2[C@@H]1O[C@H](COCCCCC(c2ccccc2)c2ccccc2)[C@@H](O)[C@H]1O. The molecule has 0 bridgehead atoms. The largest absolute Gasteiger partial charge is 0.387 e. The van der Waals surface area contributed by atoms with Crippen LogP contribution in [-0.4, -0.2) is 61.3 Å². The predicted molar refractivity (Wildman–Crippen MR) is 135 cm³/mol. The maximum atomic E-state index is 10.6. The summed E-state index contributed by atoms with van der Waals surface area (Å²) in [4.78, 5) is 12.3. The van der Waals surface area contributed by atoms with E-state index < -0.39 is 24.5 Å². The molecule has 1 fully saturated rings. The number of hydrogen-bond donors (Lipinski definition) is 3. The number of anilines is 1. The van der Waals surface area contributed by atoms with Crippen molar-refractivity contribution in [2.75, 3.05) is 18.9 Å². The summed E-state index contributed by atoms with van der Waals surface area (Å²) in [5, 5.41) is 21.1. The number of aliphatic hydroxyl groups excluding tert-OH is 2. The third kappa shape index (κ3) is 5.10. The van der Waals surface area contributed by atoms with Crippen LogP contribution in [-0.2, 0) is 9.47 Å². The third-order valence-corrected chi connectivity index (χ3v) is 6.72. The first-order chi connectivity index (χ1) is 17.6. The van der Waals surface area contributed by atoms with Gasteiger partial charge in [-0.15, -0.1) is 0 Å². The van der Waals surface area contributed by atoms with Gasteiger partial charge in [0.1, 0.15) is 30.2 Å². The van der Waals surface area contributed by atoms with E-state index in [0.29, 0.717) is 23.7 Å². The minimum Gasteiger partial charge on any atom is -0.387 e. The van der Waals surface area contributed by atoms with E-state index in [-0.39, 0.29) is 12.4 Å². The summed E-state index contributed by atoms with van der Waals surface area (Å²) >= 11 is 0. The fourth-order valence-corrected chi connectivity index (χ4v) is 4.80. The molecule has 0 unspecified atom stereocenters. The van der Waals surface area contributed by atoms with Crippen molar-refractivity contribution in [3.8, 4) is 0 Å². The molecule has 36 heavy (non-hydrogen) atoms. The number of benzene rings is 2. The summed E-state index contributed by atoms with van der Waals surface area (Å²) in [6, 6.07) is 21.1. The van der Waals surface area contributed by atoms with Crippen molar-refractivity contribution in [2.45, 2.75) is 49.7 Å². The van der Waals surface area contributed by atoms with Crippen LogP contribution < -0.4 is 5.73 Å². The smallest absolute Gasteiger partial charge is 0.167 e. The van der Waals surface area contributed by atoms with Gasteiger partial charge in [0.15, 0.2) is 17.7 Å². The second kappa shape index (κ2) is 11.1. The zero-order valence-electron chi connectivity index (χ0n) is 19.9. The van der Waals surface area contributed by atoms with Gasteiger partial charge in [0, 0.05) is 12.5 Å². The lowest BCUT2D eigenvalue weighted by molar-refractivity contribution is -0.0657. The molecule has 0 amide bonds. The van der Waals surface area contributed by atoms with E-state index >= 15 is 0 Å². The lowest BCUT2D eigenvalue weighted by Gasteiger charge is -2.18. The molecule has 4 N–H and O–H groups in total. The van der Waals surface area contributed by atoms with Crippen molar-refractivity contribution in [2.24, 2.45) is 0 Å². The highest BCUT2D eigenvalue weighted by molar-refractivity contribution is 5.81. The summed E-state index contributed by atoms with van der Waals surface area (Å²) in [6.45, 7) is 0.723. The number of aliphatic hydroxyl groups is 2. The van der Waals surface area contributed by atoms with Gasteiger partial charge in [0.25, 0.3) is 0 Å². The van der Waals surface area contributed by atoms with Crippen molar-refractivity contribution < 1.29 is 19.7 Å². The van der Waals surface area contributed by atoms with Crippen LogP contribution in [0.4, 0.5) is 5.82 Å². The topological polar surface area (TPSA) is 129 Å². The lowest BCUT2D eigenvalue weighted by Crippen LogP contribution is -2.33. The molecule has 2 aromatic heterocycles. The Hall–Kier alpha value is -3.37. The fraction of sp³-hybridized carbons (Fsp3) is 0.370. The molecule has 0 spiro atoms. The molecule has 4 atom stereocenters. The molecule has 1 saturated heterocycles. The Morgan fingerprint density at radius 2 is 1.61 bits per heavy atom. The number of nitrogens with zero attached hydrogens (tertiary/aromatic N) is 4. The molecule has 1 aliphatic rings. The van der Waals surface area contributed by atoms with Gasteiger partial charge in [-0.3, -0.25) is 4.57 Å². The second-order valence-electron chi connectivity index (χ2n) is 9.07. The summed E-state index contributed by atoms with van der Waals surface area (Å²) in [5.74, 6) is 0.583. The van der Waals surface area contributed by atoms with Crippen molar-refractivity contribution >= 4 is 17.0 Å².